The minimum Gasteiger partial charge on any atom is -0.465 e. The smallest absolute Gasteiger partial charge is 0.348 e. The van der Waals surface area contributed by atoms with Gasteiger partial charge in [-0.3, -0.25) is 0 Å². The fourth-order valence-corrected chi connectivity index (χ4v) is 4.07. The maximum absolute atomic E-state index is 14.3. The van der Waals surface area contributed by atoms with Crippen molar-refractivity contribution >= 4 is 27.7 Å². The van der Waals surface area contributed by atoms with E-state index in [-0.39, 0.29) is 17.9 Å². The lowest BCUT2D eigenvalue weighted by molar-refractivity contribution is -0.0589. The van der Waals surface area contributed by atoms with E-state index in [2.05, 4.69) is 4.98 Å². The first-order valence-electron chi connectivity index (χ1n) is 8.49. The molecule has 0 saturated carbocycles. The molecular formula is C19H19FN2O3S. The molecule has 0 radical (unpaired) electrons. The standard InChI is InChI=1S/C19H19FN2O3S/c1-11-3-4-12(14(20)7-11)8-17-21-18-15(9-16(26-18)19(23)24-2)22(17)10-13-5-6-25-13/h3-4,7,9,13H,5-6,8,10H2,1-2H3/t13-/m0/s1. The Labute approximate surface area is 154 Å². The van der Waals surface area contributed by atoms with Gasteiger partial charge in [-0.2, -0.15) is 0 Å². The number of hydrogen-bond donors (Lipinski definition) is 0. The van der Waals surface area contributed by atoms with Crippen LogP contribution in [0.25, 0.3) is 10.3 Å². The van der Waals surface area contributed by atoms with E-state index < -0.39 is 0 Å². The number of imidazole rings is 1. The number of nitrogens with zero attached hydrogens (tertiary/aromatic N) is 2. The SMILES string of the molecule is COC(=O)c1cc2c(nc(Cc3ccc(C)cc3F)n2C[C@@H]2CCO2)s1. The normalized spacial score (nSPS) is 16.7. The van der Waals surface area contributed by atoms with Gasteiger partial charge in [-0.15, -0.1) is 11.3 Å². The molecule has 1 aliphatic rings. The average molecular weight is 374 g/mol. The van der Waals surface area contributed by atoms with Crippen LogP contribution in [0.3, 0.4) is 0 Å². The van der Waals surface area contributed by atoms with Crippen LogP contribution < -0.4 is 0 Å². The number of rotatable bonds is 5. The van der Waals surface area contributed by atoms with E-state index in [1.807, 2.05) is 17.6 Å². The van der Waals surface area contributed by atoms with Gasteiger partial charge >= 0.3 is 5.97 Å². The Kier molecular flexibility index (Phi) is 4.50. The van der Waals surface area contributed by atoms with Crippen molar-refractivity contribution in [1.82, 2.24) is 9.55 Å². The number of aromatic nitrogens is 2. The molecule has 5 nitrogen and oxygen atoms in total. The van der Waals surface area contributed by atoms with Crippen LogP contribution in [-0.2, 0) is 22.4 Å². The molecule has 2 aromatic heterocycles. The molecule has 0 unspecified atom stereocenters. The van der Waals surface area contributed by atoms with Gasteiger partial charge in [0.05, 0.1) is 25.3 Å². The Morgan fingerprint density at radius 3 is 2.92 bits per heavy atom. The zero-order valence-electron chi connectivity index (χ0n) is 14.6. The zero-order chi connectivity index (χ0) is 18.3. The Hall–Kier alpha value is -2.25. The van der Waals surface area contributed by atoms with Gasteiger partial charge in [0.15, 0.2) is 0 Å². The van der Waals surface area contributed by atoms with E-state index in [1.54, 1.807) is 12.1 Å². The second kappa shape index (κ2) is 6.81. The molecule has 4 rings (SSSR count). The van der Waals surface area contributed by atoms with Crippen molar-refractivity contribution in [2.75, 3.05) is 13.7 Å². The molecule has 1 saturated heterocycles. The molecule has 1 atom stereocenters. The summed E-state index contributed by atoms with van der Waals surface area (Å²) in [5, 5.41) is 0. The number of carbonyl (C=O) groups is 1. The van der Waals surface area contributed by atoms with Crippen molar-refractivity contribution in [2.45, 2.75) is 32.4 Å². The van der Waals surface area contributed by atoms with Crippen molar-refractivity contribution in [3.05, 3.63) is 51.9 Å². The van der Waals surface area contributed by atoms with Crippen molar-refractivity contribution in [1.29, 1.82) is 0 Å². The number of hydrogen-bond acceptors (Lipinski definition) is 5. The lowest BCUT2D eigenvalue weighted by Crippen LogP contribution is -2.31. The number of carbonyl (C=O) groups excluding carboxylic acids is 1. The van der Waals surface area contributed by atoms with Crippen molar-refractivity contribution < 1.29 is 18.7 Å². The van der Waals surface area contributed by atoms with E-state index in [0.29, 0.717) is 23.4 Å². The average Bonchev–Trinajstić information content (AvgIpc) is 3.11. The predicted molar refractivity (Wildman–Crippen MR) is 97.2 cm³/mol. The minimum atomic E-state index is -0.370. The highest BCUT2D eigenvalue weighted by atomic mass is 32.1. The van der Waals surface area contributed by atoms with Crippen LogP contribution in [0.2, 0.25) is 0 Å². The Morgan fingerprint density at radius 2 is 2.27 bits per heavy atom. The monoisotopic (exact) mass is 374 g/mol. The fraction of sp³-hybridized carbons (Fsp3) is 0.368. The van der Waals surface area contributed by atoms with Crippen LogP contribution in [0.15, 0.2) is 24.3 Å². The van der Waals surface area contributed by atoms with Gasteiger partial charge in [-0.25, -0.2) is 14.2 Å². The van der Waals surface area contributed by atoms with Gasteiger partial charge < -0.3 is 14.0 Å². The van der Waals surface area contributed by atoms with Crippen LogP contribution in [-0.4, -0.2) is 35.3 Å². The summed E-state index contributed by atoms with van der Waals surface area (Å²) in [5.74, 6) is 0.185. The first-order valence-corrected chi connectivity index (χ1v) is 9.30. The summed E-state index contributed by atoms with van der Waals surface area (Å²) >= 11 is 1.29. The topological polar surface area (TPSA) is 53.3 Å². The first-order chi connectivity index (χ1) is 12.5. The second-order valence-corrected chi connectivity index (χ2v) is 7.52. The molecule has 26 heavy (non-hydrogen) atoms. The maximum Gasteiger partial charge on any atom is 0.348 e. The maximum atomic E-state index is 14.3. The summed E-state index contributed by atoms with van der Waals surface area (Å²) in [4.78, 5) is 17.8. The molecule has 136 valence electrons. The second-order valence-electron chi connectivity index (χ2n) is 6.48. The summed E-state index contributed by atoms with van der Waals surface area (Å²) in [5.41, 5.74) is 2.37. The first kappa shape index (κ1) is 17.2. The molecule has 1 aliphatic heterocycles. The molecule has 0 bridgehead atoms. The number of halogens is 1. The van der Waals surface area contributed by atoms with Crippen molar-refractivity contribution in [3.63, 3.8) is 0 Å². The number of ether oxygens (including phenoxy) is 2. The molecule has 7 heteroatoms. The quantitative estimate of drug-likeness (QED) is 0.639. The molecule has 3 aromatic rings. The molecule has 0 N–H and O–H groups in total. The Bertz CT molecular complexity index is 975. The van der Waals surface area contributed by atoms with Gasteiger partial charge in [0, 0.05) is 13.0 Å². The molecule has 0 aliphatic carbocycles. The number of benzene rings is 1. The van der Waals surface area contributed by atoms with Gasteiger partial charge in [0.25, 0.3) is 0 Å². The minimum absolute atomic E-state index is 0.135. The molecule has 3 heterocycles. The van der Waals surface area contributed by atoms with Crippen molar-refractivity contribution in [2.24, 2.45) is 0 Å². The molecule has 1 aromatic carbocycles. The lowest BCUT2D eigenvalue weighted by atomic mass is 10.1. The molecule has 0 spiro atoms. The van der Waals surface area contributed by atoms with E-state index in [0.717, 1.165) is 34.8 Å². The van der Waals surface area contributed by atoms with Gasteiger partial charge in [0.1, 0.15) is 21.3 Å². The highest BCUT2D eigenvalue weighted by molar-refractivity contribution is 7.20. The number of fused-ring (bicyclic) bond motifs is 1. The number of aryl methyl sites for hydroxylation is 1. The van der Waals surface area contributed by atoms with Gasteiger partial charge in [-0.05, 0) is 36.6 Å². The summed E-state index contributed by atoms with van der Waals surface area (Å²) in [6.07, 6.45) is 1.52. The van der Waals surface area contributed by atoms with E-state index in [1.165, 1.54) is 24.5 Å². The summed E-state index contributed by atoms with van der Waals surface area (Å²) in [7, 11) is 1.36. The lowest BCUT2D eigenvalue weighted by Gasteiger charge is -2.27. The van der Waals surface area contributed by atoms with E-state index >= 15 is 0 Å². The van der Waals surface area contributed by atoms with Gasteiger partial charge in [0.2, 0.25) is 0 Å². The van der Waals surface area contributed by atoms with Crippen molar-refractivity contribution in [3.8, 4) is 0 Å². The number of thiophene rings is 1. The summed E-state index contributed by atoms with van der Waals surface area (Å²) in [6.45, 7) is 3.28. The third-order valence-electron chi connectivity index (χ3n) is 4.65. The molecular weight excluding hydrogens is 355 g/mol. The third-order valence-corrected chi connectivity index (χ3v) is 5.65. The van der Waals surface area contributed by atoms with Crippen LogP contribution in [0.5, 0.6) is 0 Å². The fourth-order valence-electron chi connectivity index (χ4n) is 3.10. The third kappa shape index (κ3) is 3.12. The predicted octanol–water partition coefficient (Wildman–Crippen LogP) is 3.71. The van der Waals surface area contributed by atoms with Crippen LogP contribution in [0.4, 0.5) is 4.39 Å². The molecule has 0 amide bonds. The highest BCUT2D eigenvalue weighted by Crippen LogP contribution is 2.29. The molecule has 1 fully saturated rings. The van der Waals surface area contributed by atoms with Crippen LogP contribution in [0.1, 0.15) is 33.0 Å². The Balaban J connectivity index is 1.73. The number of esters is 1. The Morgan fingerprint density at radius 1 is 1.46 bits per heavy atom. The van der Waals surface area contributed by atoms with Crippen LogP contribution >= 0.6 is 11.3 Å². The van der Waals surface area contributed by atoms with Gasteiger partial charge in [-0.1, -0.05) is 12.1 Å². The van der Waals surface area contributed by atoms with E-state index in [9.17, 15) is 9.18 Å². The van der Waals surface area contributed by atoms with E-state index in [4.69, 9.17) is 9.47 Å². The zero-order valence-corrected chi connectivity index (χ0v) is 15.4. The summed E-state index contributed by atoms with van der Waals surface area (Å²) < 4.78 is 26.7. The highest BCUT2D eigenvalue weighted by Gasteiger charge is 2.24. The summed E-state index contributed by atoms with van der Waals surface area (Å²) in [6, 6.07) is 7.04. The number of methoxy groups -OCH3 is 1. The largest absolute Gasteiger partial charge is 0.465 e. The van der Waals surface area contributed by atoms with Crippen LogP contribution in [0, 0.1) is 12.7 Å².